The van der Waals surface area contributed by atoms with E-state index in [4.69, 9.17) is 9.47 Å². The van der Waals surface area contributed by atoms with Crippen molar-refractivity contribution in [3.05, 3.63) is 53.6 Å². The molecule has 3 amide bonds. The van der Waals surface area contributed by atoms with Crippen LogP contribution in [0.3, 0.4) is 0 Å². The number of benzene rings is 2. The molecular weight excluding hydrogens is 374 g/mol. The van der Waals surface area contributed by atoms with Gasteiger partial charge in [0.2, 0.25) is 0 Å². The minimum atomic E-state index is -1.03. The summed E-state index contributed by atoms with van der Waals surface area (Å²) in [5.41, 5.74) is 5.99. The quantitative estimate of drug-likeness (QED) is 0.541. The normalized spacial score (nSPS) is 10.7. The Kier molecular flexibility index (Phi) is 6.82. The lowest BCUT2D eigenvalue weighted by atomic mass is 9.87. The second-order valence-corrected chi connectivity index (χ2v) is 7.26. The van der Waals surface area contributed by atoms with Gasteiger partial charge in [-0.2, -0.15) is 0 Å². The van der Waals surface area contributed by atoms with E-state index in [2.05, 4.69) is 36.9 Å². The fraction of sp³-hybridized carbons (Fsp3) is 0.286. The van der Waals surface area contributed by atoms with E-state index in [1.54, 1.807) is 24.3 Å². The van der Waals surface area contributed by atoms with Gasteiger partial charge in [0.05, 0.1) is 19.9 Å². The lowest BCUT2D eigenvalue weighted by Gasteiger charge is -2.19. The predicted octanol–water partition coefficient (Wildman–Crippen LogP) is 2.40. The van der Waals surface area contributed by atoms with Crippen LogP contribution in [0.5, 0.6) is 11.5 Å². The highest BCUT2D eigenvalue weighted by atomic mass is 16.5. The van der Waals surface area contributed by atoms with Crippen LogP contribution in [0.4, 0.5) is 5.69 Å². The first-order valence-electron chi connectivity index (χ1n) is 8.90. The fourth-order valence-electron chi connectivity index (χ4n) is 2.44. The summed E-state index contributed by atoms with van der Waals surface area (Å²) in [7, 11) is 2.93. The number of nitrogens with one attached hydrogen (secondary N) is 3. The monoisotopic (exact) mass is 399 g/mol. The number of hydrogen-bond acceptors (Lipinski definition) is 5. The van der Waals surface area contributed by atoms with E-state index in [1.807, 2.05) is 12.1 Å². The number of amides is 3. The summed E-state index contributed by atoms with van der Waals surface area (Å²) in [6.07, 6.45) is 0. The number of ether oxygens (including phenoxy) is 2. The van der Waals surface area contributed by atoms with Crippen molar-refractivity contribution < 1.29 is 23.9 Å². The van der Waals surface area contributed by atoms with Crippen LogP contribution in [0.25, 0.3) is 0 Å². The van der Waals surface area contributed by atoms with E-state index in [-0.39, 0.29) is 11.1 Å². The molecule has 0 aliphatic rings. The Labute approximate surface area is 169 Å². The number of methoxy groups -OCH3 is 2. The van der Waals surface area contributed by atoms with E-state index in [0.717, 1.165) is 5.56 Å². The molecule has 8 nitrogen and oxygen atoms in total. The highest BCUT2D eigenvalue weighted by Crippen LogP contribution is 2.28. The zero-order valence-corrected chi connectivity index (χ0v) is 17.1. The average molecular weight is 399 g/mol. The van der Waals surface area contributed by atoms with Gasteiger partial charge in [0.1, 0.15) is 11.5 Å². The Hall–Kier alpha value is -3.55. The van der Waals surface area contributed by atoms with Crippen molar-refractivity contribution in [2.45, 2.75) is 26.2 Å². The summed E-state index contributed by atoms with van der Waals surface area (Å²) in [5.74, 6) is -1.66. The van der Waals surface area contributed by atoms with Gasteiger partial charge in [0.15, 0.2) is 0 Å². The highest BCUT2D eigenvalue weighted by Gasteiger charge is 2.18. The van der Waals surface area contributed by atoms with Crippen molar-refractivity contribution in [2.24, 2.45) is 0 Å². The van der Waals surface area contributed by atoms with E-state index in [9.17, 15) is 14.4 Å². The van der Waals surface area contributed by atoms with Crippen LogP contribution >= 0.6 is 0 Å². The Balaban J connectivity index is 1.95. The molecule has 0 radical (unpaired) electrons. The molecule has 0 spiro atoms. The van der Waals surface area contributed by atoms with Gasteiger partial charge in [-0.15, -0.1) is 0 Å². The van der Waals surface area contributed by atoms with Crippen molar-refractivity contribution in [3.8, 4) is 11.5 Å². The van der Waals surface area contributed by atoms with Gasteiger partial charge < -0.3 is 14.8 Å². The topological polar surface area (TPSA) is 106 Å². The Bertz CT molecular complexity index is 902. The first kappa shape index (κ1) is 21.7. The molecule has 154 valence electrons. The van der Waals surface area contributed by atoms with Gasteiger partial charge in [0.25, 0.3) is 5.91 Å². The lowest BCUT2D eigenvalue weighted by molar-refractivity contribution is -0.136. The van der Waals surface area contributed by atoms with Gasteiger partial charge in [-0.25, -0.2) is 0 Å². The number of carbonyl (C=O) groups is 3. The van der Waals surface area contributed by atoms with Crippen LogP contribution in [0, 0.1) is 0 Å². The maximum atomic E-state index is 12.2. The van der Waals surface area contributed by atoms with Crippen LogP contribution in [-0.2, 0) is 15.0 Å². The van der Waals surface area contributed by atoms with E-state index in [0.29, 0.717) is 17.1 Å². The molecule has 0 aromatic heterocycles. The molecule has 29 heavy (non-hydrogen) atoms. The van der Waals surface area contributed by atoms with E-state index in [1.165, 1.54) is 20.3 Å². The molecule has 0 saturated heterocycles. The molecule has 0 aliphatic heterocycles. The lowest BCUT2D eigenvalue weighted by Crippen LogP contribution is -2.46. The molecule has 8 heteroatoms. The summed E-state index contributed by atoms with van der Waals surface area (Å²) in [4.78, 5) is 36.2. The maximum Gasteiger partial charge on any atom is 0.328 e. The summed E-state index contributed by atoms with van der Waals surface area (Å²) in [6.45, 7) is 6.20. The third-order valence-electron chi connectivity index (χ3n) is 4.17. The molecule has 0 bridgehead atoms. The van der Waals surface area contributed by atoms with Crippen molar-refractivity contribution in [1.82, 2.24) is 10.9 Å². The Morgan fingerprint density at radius 1 is 0.828 bits per heavy atom. The Morgan fingerprint density at radius 2 is 1.48 bits per heavy atom. The smallest absolute Gasteiger partial charge is 0.328 e. The van der Waals surface area contributed by atoms with Crippen LogP contribution in [0.2, 0.25) is 0 Å². The standard InChI is InChI=1S/C21H25N3O5/c1-21(2,3)14-8-6-13(7-9-14)18(25)23-24-20(27)19(26)22-16-11-10-15(28-4)12-17(16)29-5/h6-12H,1-5H3,(H,22,26)(H,23,25)(H,24,27). The second-order valence-electron chi connectivity index (χ2n) is 7.26. The SMILES string of the molecule is COc1ccc(NC(=O)C(=O)NNC(=O)c2ccc(C(C)(C)C)cc2)c(OC)c1. The molecule has 2 aromatic carbocycles. The number of rotatable bonds is 4. The summed E-state index contributed by atoms with van der Waals surface area (Å²) >= 11 is 0. The zero-order chi connectivity index (χ0) is 21.6. The number of hydrogen-bond donors (Lipinski definition) is 3. The fourth-order valence-corrected chi connectivity index (χ4v) is 2.44. The third-order valence-corrected chi connectivity index (χ3v) is 4.17. The molecule has 2 aromatic rings. The molecule has 0 saturated carbocycles. The first-order chi connectivity index (χ1) is 13.7. The maximum absolute atomic E-state index is 12.2. The average Bonchev–Trinajstić information content (AvgIpc) is 2.71. The molecule has 2 rings (SSSR count). The largest absolute Gasteiger partial charge is 0.497 e. The van der Waals surface area contributed by atoms with Gasteiger partial charge in [-0.3, -0.25) is 25.2 Å². The number of carbonyl (C=O) groups excluding carboxylic acids is 3. The molecule has 0 heterocycles. The molecular formula is C21H25N3O5. The summed E-state index contributed by atoms with van der Waals surface area (Å²) < 4.78 is 10.2. The summed E-state index contributed by atoms with van der Waals surface area (Å²) in [6, 6.07) is 11.7. The molecule has 3 N–H and O–H groups in total. The highest BCUT2D eigenvalue weighted by molar-refractivity contribution is 6.39. The molecule has 0 unspecified atom stereocenters. The van der Waals surface area contributed by atoms with Crippen molar-refractivity contribution in [1.29, 1.82) is 0 Å². The van der Waals surface area contributed by atoms with Crippen molar-refractivity contribution >= 4 is 23.4 Å². The second kappa shape index (κ2) is 9.09. The van der Waals surface area contributed by atoms with Crippen LogP contribution in [0.1, 0.15) is 36.7 Å². The number of anilines is 1. The van der Waals surface area contributed by atoms with Crippen molar-refractivity contribution in [2.75, 3.05) is 19.5 Å². The molecule has 0 atom stereocenters. The van der Waals surface area contributed by atoms with Gasteiger partial charge in [-0.05, 0) is 35.2 Å². The Morgan fingerprint density at radius 3 is 2.03 bits per heavy atom. The number of hydrazine groups is 1. The zero-order valence-electron chi connectivity index (χ0n) is 17.1. The van der Waals surface area contributed by atoms with Gasteiger partial charge in [-0.1, -0.05) is 32.9 Å². The predicted molar refractivity (Wildman–Crippen MR) is 109 cm³/mol. The van der Waals surface area contributed by atoms with Crippen LogP contribution in [-0.4, -0.2) is 31.9 Å². The van der Waals surface area contributed by atoms with E-state index >= 15 is 0 Å². The van der Waals surface area contributed by atoms with Gasteiger partial charge in [0, 0.05) is 11.6 Å². The van der Waals surface area contributed by atoms with Crippen LogP contribution in [0.15, 0.2) is 42.5 Å². The minimum Gasteiger partial charge on any atom is -0.497 e. The third kappa shape index (κ3) is 5.71. The summed E-state index contributed by atoms with van der Waals surface area (Å²) in [5, 5.41) is 2.42. The first-order valence-corrected chi connectivity index (χ1v) is 8.90. The minimum absolute atomic E-state index is 0.0379. The van der Waals surface area contributed by atoms with Crippen molar-refractivity contribution in [3.63, 3.8) is 0 Å². The van der Waals surface area contributed by atoms with Gasteiger partial charge >= 0.3 is 11.8 Å². The molecule has 0 aliphatic carbocycles. The molecule has 0 fully saturated rings. The van der Waals surface area contributed by atoms with E-state index < -0.39 is 17.7 Å². The van der Waals surface area contributed by atoms with Crippen LogP contribution < -0.4 is 25.6 Å².